The molecule has 0 saturated heterocycles. The molecule has 0 saturated carbocycles. The monoisotopic (exact) mass is 255 g/mol. The fourth-order valence-corrected chi connectivity index (χ4v) is 2.45. The van der Waals surface area contributed by atoms with Gasteiger partial charge in [0.15, 0.2) is 5.16 Å². The summed E-state index contributed by atoms with van der Waals surface area (Å²) in [5, 5.41) is 12.2. The van der Waals surface area contributed by atoms with Crippen LogP contribution >= 0.6 is 23.1 Å². The van der Waals surface area contributed by atoms with Gasteiger partial charge in [-0.05, 0) is 0 Å². The molecular formula is C9H9N3O2S2. The molecule has 5 nitrogen and oxygen atoms in total. The van der Waals surface area contributed by atoms with E-state index >= 15 is 0 Å². The second-order valence-corrected chi connectivity index (χ2v) is 4.87. The summed E-state index contributed by atoms with van der Waals surface area (Å²) >= 11 is 2.78. The van der Waals surface area contributed by atoms with E-state index in [4.69, 9.17) is 5.11 Å². The van der Waals surface area contributed by atoms with Crippen molar-refractivity contribution in [1.29, 1.82) is 0 Å². The van der Waals surface area contributed by atoms with Crippen LogP contribution in [0.3, 0.4) is 0 Å². The van der Waals surface area contributed by atoms with E-state index in [1.807, 2.05) is 16.1 Å². The number of hydrogen-bond donors (Lipinski definition) is 1. The molecule has 0 unspecified atom stereocenters. The molecule has 0 bridgehead atoms. The highest BCUT2D eigenvalue weighted by atomic mass is 32.2. The molecule has 84 valence electrons. The standard InChI is InChI=1S/C9H9N3O2S2/c13-8(14)6-16-9-11-1-3-12(9)5-7-10-2-4-15-7/h1-4H,5-6H2,(H,13,14). The fourth-order valence-electron chi connectivity index (χ4n) is 1.16. The number of carbonyl (C=O) groups is 1. The summed E-state index contributed by atoms with van der Waals surface area (Å²) in [6.45, 7) is 0.639. The Hall–Kier alpha value is -1.34. The maximum atomic E-state index is 10.5. The lowest BCUT2D eigenvalue weighted by Crippen LogP contribution is -2.03. The number of imidazole rings is 1. The minimum Gasteiger partial charge on any atom is -0.481 e. The normalized spacial score (nSPS) is 10.5. The number of rotatable bonds is 5. The number of hydrogen-bond acceptors (Lipinski definition) is 5. The number of aliphatic carboxylic acids is 1. The van der Waals surface area contributed by atoms with Crippen LogP contribution in [0, 0.1) is 0 Å². The smallest absolute Gasteiger partial charge is 0.313 e. The quantitative estimate of drug-likeness (QED) is 0.821. The zero-order valence-electron chi connectivity index (χ0n) is 8.24. The van der Waals surface area contributed by atoms with Crippen LogP contribution in [-0.4, -0.2) is 31.4 Å². The molecule has 0 aliphatic heterocycles. The molecule has 7 heteroatoms. The average Bonchev–Trinajstić information content (AvgIpc) is 2.87. The van der Waals surface area contributed by atoms with E-state index in [0.717, 1.165) is 5.01 Å². The molecule has 0 atom stereocenters. The van der Waals surface area contributed by atoms with Crippen LogP contribution < -0.4 is 0 Å². The van der Waals surface area contributed by atoms with E-state index in [1.54, 1.807) is 23.7 Å². The number of thioether (sulfide) groups is 1. The third kappa shape index (κ3) is 2.83. The summed E-state index contributed by atoms with van der Waals surface area (Å²) in [6, 6.07) is 0. The number of thiazole rings is 1. The predicted molar refractivity (Wildman–Crippen MR) is 61.8 cm³/mol. The van der Waals surface area contributed by atoms with Crippen LogP contribution in [0.15, 0.2) is 29.1 Å². The van der Waals surface area contributed by atoms with Crippen LogP contribution in [0.25, 0.3) is 0 Å². The van der Waals surface area contributed by atoms with E-state index in [2.05, 4.69) is 9.97 Å². The summed E-state index contributed by atoms with van der Waals surface area (Å²) in [7, 11) is 0. The van der Waals surface area contributed by atoms with Gasteiger partial charge in [0.1, 0.15) is 5.01 Å². The molecule has 0 amide bonds. The summed E-state index contributed by atoms with van der Waals surface area (Å²) in [5.74, 6) is -0.816. The SMILES string of the molecule is O=C(O)CSc1nccn1Cc1nccs1. The first-order valence-corrected chi connectivity index (χ1v) is 6.36. The van der Waals surface area contributed by atoms with Gasteiger partial charge in [-0.1, -0.05) is 11.8 Å². The second-order valence-electron chi connectivity index (χ2n) is 2.95. The van der Waals surface area contributed by atoms with Gasteiger partial charge in [0.05, 0.1) is 12.3 Å². The Kier molecular flexibility index (Phi) is 3.58. The first kappa shape index (κ1) is 11.2. The number of nitrogens with zero attached hydrogens (tertiary/aromatic N) is 3. The van der Waals surface area contributed by atoms with Crippen molar-refractivity contribution < 1.29 is 9.90 Å². The number of carboxylic acids is 1. The van der Waals surface area contributed by atoms with Gasteiger partial charge in [0.2, 0.25) is 0 Å². The maximum Gasteiger partial charge on any atom is 0.313 e. The molecule has 2 aromatic rings. The average molecular weight is 255 g/mol. The van der Waals surface area contributed by atoms with Crippen LogP contribution in [0.4, 0.5) is 0 Å². The Balaban J connectivity index is 2.04. The van der Waals surface area contributed by atoms with Crippen LogP contribution in [0.2, 0.25) is 0 Å². The highest BCUT2D eigenvalue weighted by molar-refractivity contribution is 7.99. The van der Waals surface area contributed by atoms with E-state index in [1.165, 1.54) is 11.8 Å². The van der Waals surface area contributed by atoms with Gasteiger partial charge in [-0.25, -0.2) is 9.97 Å². The molecule has 2 rings (SSSR count). The van der Waals surface area contributed by atoms with Crippen LogP contribution in [-0.2, 0) is 11.3 Å². The van der Waals surface area contributed by atoms with E-state index in [9.17, 15) is 4.79 Å². The third-order valence-electron chi connectivity index (χ3n) is 1.79. The highest BCUT2D eigenvalue weighted by Gasteiger charge is 2.07. The molecule has 0 aromatic carbocycles. The summed E-state index contributed by atoms with van der Waals surface area (Å²) in [6.07, 6.45) is 5.24. The van der Waals surface area contributed by atoms with Crippen molar-refractivity contribution in [1.82, 2.24) is 14.5 Å². The number of aromatic nitrogens is 3. The van der Waals surface area contributed by atoms with Gasteiger partial charge in [0.25, 0.3) is 0 Å². The fraction of sp³-hybridized carbons (Fsp3) is 0.222. The molecule has 0 fully saturated rings. The van der Waals surface area contributed by atoms with Crippen LogP contribution in [0.1, 0.15) is 5.01 Å². The van der Waals surface area contributed by atoms with Gasteiger partial charge < -0.3 is 9.67 Å². The predicted octanol–water partition coefficient (Wildman–Crippen LogP) is 1.56. The molecule has 16 heavy (non-hydrogen) atoms. The minimum atomic E-state index is -0.839. The lowest BCUT2D eigenvalue weighted by atomic mass is 10.6. The van der Waals surface area contributed by atoms with Crippen molar-refractivity contribution in [3.8, 4) is 0 Å². The Bertz CT molecular complexity index is 467. The van der Waals surface area contributed by atoms with Crippen molar-refractivity contribution >= 4 is 29.1 Å². The molecule has 1 N–H and O–H groups in total. The summed E-state index contributed by atoms with van der Waals surface area (Å²) < 4.78 is 1.90. The molecule has 0 aliphatic carbocycles. The molecule has 2 heterocycles. The van der Waals surface area contributed by atoms with E-state index < -0.39 is 5.97 Å². The third-order valence-corrected chi connectivity index (χ3v) is 3.54. The Morgan fingerprint density at radius 3 is 3.06 bits per heavy atom. The van der Waals surface area contributed by atoms with Crippen molar-refractivity contribution in [3.63, 3.8) is 0 Å². The van der Waals surface area contributed by atoms with Crippen molar-refractivity contribution in [2.24, 2.45) is 0 Å². The lowest BCUT2D eigenvalue weighted by Gasteiger charge is -2.03. The zero-order chi connectivity index (χ0) is 11.4. The van der Waals surface area contributed by atoms with Gasteiger partial charge in [0, 0.05) is 24.0 Å². The first-order chi connectivity index (χ1) is 7.75. The second kappa shape index (κ2) is 5.13. The van der Waals surface area contributed by atoms with Crippen LogP contribution in [0.5, 0.6) is 0 Å². The largest absolute Gasteiger partial charge is 0.481 e. The molecule has 0 aliphatic rings. The molecular weight excluding hydrogens is 246 g/mol. The van der Waals surface area contributed by atoms with Gasteiger partial charge in [-0.15, -0.1) is 11.3 Å². The first-order valence-electron chi connectivity index (χ1n) is 4.50. The molecule has 0 spiro atoms. The maximum absolute atomic E-state index is 10.5. The van der Waals surface area contributed by atoms with Crippen molar-refractivity contribution in [2.75, 3.05) is 5.75 Å². The summed E-state index contributed by atoms with van der Waals surface area (Å²) in [4.78, 5) is 18.7. The van der Waals surface area contributed by atoms with Gasteiger partial charge in [-0.3, -0.25) is 4.79 Å². The van der Waals surface area contributed by atoms with E-state index in [-0.39, 0.29) is 5.75 Å². The topological polar surface area (TPSA) is 68.0 Å². The van der Waals surface area contributed by atoms with Gasteiger partial charge >= 0.3 is 5.97 Å². The van der Waals surface area contributed by atoms with E-state index in [0.29, 0.717) is 11.7 Å². The zero-order valence-corrected chi connectivity index (χ0v) is 9.87. The van der Waals surface area contributed by atoms with Crippen molar-refractivity contribution in [2.45, 2.75) is 11.7 Å². The summed E-state index contributed by atoms with van der Waals surface area (Å²) in [5.41, 5.74) is 0. The Morgan fingerprint density at radius 1 is 1.50 bits per heavy atom. The van der Waals surface area contributed by atoms with Crippen molar-refractivity contribution in [3.05, 3.63) is 29.0 Å². The highest BCUT2D eigenvalue weighted by Crippen LogP contribution is 2.17. The molecule has 0 radical (unpaired) electrons. The number of carboxylic acid groups (broad SMARTS) is 1. The Labute approximate surface area is 100 Å². The lowest BCUT2D eigenvalue weighted by molar-refractivity contribution is -0.133. The van der Waals surface area contributed by atoms with Gasteiger partial charge in [-0.2, -0.15) is 0 Å². The Morgan fingerprint density at radius 2 is 2.38 bits per heavy atom. The minimum absolute atomic E-state index is 0.0227. The molecule has 2 aromatic heterocycles.